The Hall–Kier alpha value is -1.20. The van der Waals surface area contributed by atoms with E-state index < -0.39 is 6.10 Å². The first-order chi connectivity index (χ1) is 13.6. The molecule has 0 unspecified atom stereocenters. The van der Waals surface area contributed by atoms with E-state index in [0.29, 0.717) is 31.7 Å². The zero-order valence-corrected chi connectivity index (χ0v) is 18.0. The van der Waals surface area contributed by atoms with Crippen LogP contribution in [0.25, 0.3) is 0 Å². The van der Waals surface area contributed by atoms with Gasteiger partial charge in [-0.05, 0) is 0 Å². The van der Waals surface area contributed by atoms with Crippen molar-refractivity contribution in [3.8, 4) is 0 Å². The van der Waals surface area contributed by atoms with Crippen molar-refractivity contribution in [1.29, 1.82) is 0 Å². The van der Waals surface area contributed by atoms with Crippen LogP contribution in [0.5, 0.6) is 0 Å². The molecule has 5 rings (SSSR count). The number of benzene rings is 1. The van der Waals surface area contributed by atoms with E-state index in [4.69, 9.17) is 4.84 Å². The molecule has 2 amide bonds. The molecule has 1 saturated carbocycles. The second-order valence-corrected chi connectivity index (χ2v) is 11.4. The van der Waals surface area contributed by atoms with E-state index in [1.807, 2.05) is 0 Å². The van der Waals surface area contributed by atoms with Gasteiger partial charge in [0.2, 0.25) is 0 Å². The predicted octanol–water partition coefficient (Wildman–Crippen LogP) is 2.15. The molecule has 1 aromatic rings. The number of rotatable bonds is 2. The molecular formula is C22H28N2O3Se. The van der Waals surface area contributed by atoms with Crippen LogP contribution in [0.2, 0.25) is 4.82 Å². The van der Waals surface area contributed by atoms with Gasteiger partial charge in [0.1, 0.15) is 0 Å². The van der Waals surface area contributed by atoms with Gasteiger partial charge in [0.25, 0.3) is 0 Å². The molecule has 4 fully saturated rings. The number of likely N-dealkylation sites (N-methyl/N-ethyl adjacent to an activating group) is 1. The Balaban J connectivity index is 1.45. The van der Waals surface area contributed by atoms with Crippen LogP contribution < -0.4 is 4.46 Å². The number of carbonyl (C=O) groups excluding carboxylic acids is 2. The van der Waals surface area contributed by atoms with Crippen LogP contribution in [0, 0.1) is 11.8 Å². The maximum atomic E-state index is 12.7. The normalized spacial score (nSPS) is 38.5. The third-order valence-electron chi connectivity index (χ3n) is 7.08. The molecule has 0 N–H and O–H groups in total. The van der Waals surface area contributed by atoms with E-state index in [2.05, 4.69) is 35.4 Å². The molecule has 0 radical (unpaired) electrons. The zero-order chi connectivity index (χ0) is 19.3. The summed E-state index contributed by atoms with van der Waals surface area (Å²) in [7, 11) is 1.60. The van der Waals surface area contributed by atoms with Gasteiger partial charge in [0.15, 0.2) is 0 Å². The van der Waals surface area contributed by atoms with Crippen LogP contribution in [-0.2, 0) is 14.4 Å². The van der Waals surface area contributed by atoms with Crippen molar-refractivity contribution in [3.63, 3.8) is 0 Å². The number of hydrogen-bond acceptors (Lipinski definition) is 4. The van der Waals surface area contributed by atoms with E-state index in [1.54, 1.807) is 7.05 Å². The Morgan fingerprint density at radius 3 is 2.57 bits per heavy atom. The van der Waals surface area contributed by atoms with E-state index in [1.165, 1.54) is 41.5 Å². The van der Waals surface area contributed by atoms with Gasteiger partial charge in [0.05, 0.1) is 0 Å². The molecule has 1 aromatic carbocycles. The minimum absolute atomic E-state index is 0.0445. The van der Waals surface area contributed by atoms with Gasteiger partial charge < -0.3 is 0 Å². The quantitative estimate of drug-likeness (QED) is 0.515. The number of carbonyl (C=O) groups is 2. The molecule has 0 bridgehead atoms. The fourth-order valence-corrected chi connectivity index (χ4v) is 8.70. The predicted molar refractivity (Wildman–Crippen MR) is 107 cm³/mol. The number of imide groups is 1. The average molecular weight is 447 g/mol. The second-order valence-electron chi connectivity index (χ2n) is 8.65. The third kappa shape index (κ3) is 3.06. The molecule has 4 aliphatic rings. The molecule has 3 aliphatic heterocycles. The standard InChI is InChI=1S/C22H28N2O3Se/c1-23-21(25)18-16-13-12-14-8-4-2-7-11-17(28-15-9-5-3-6-10-15)19(14)24(16)27-20(18)22(23)26/h3,5-6,9-10,14,16-20H,2,4,7-8,11-13H2,1H3/t14-,16+,17+,18-,19+,20+/m1/s1. The summed E-state index contributed by atoms with van der Waals surface area (Å²) in [5, 5.41) is 2.16. The monoisotopic (exact) mass is 448 g/mol. The van der Waals surface area contributed by atoms with Crippen LogP contribution in [0.1, 0.15) is 44.9 Å². The molecule has 1 aliphatic carbocycles. The van der Waals surface area contributed by atoms with Crippen LogP contribution in [-0.4, -0.2) is 62.0 Å². The van der Waals surface area contributed by atoms with Gasteiger partial charge in [-0.15, -0.1) is 0 Å². The summed E-state index contributed by atoms with van der Waals surface area (Å²) in [5.41, 5.74) is 0. The number of amides is 2. The second kappa shape index (κ2) is 7.56. The Morgan fingerprint density at radius 1 is 0.964 bits per heavy atom. The van der Waals surface area contributed by atoms with E-state index in [9.17, 15) is 9.59 Å². The zero-order valence-electron chi connectivity index (χ0n) is 16.3. The average Bonchev–Trinajstić information content (AvgIpc) is 3.17. The number of nitrogens with zero attached hydrogens (tertiary/aromatic N) is 2. The van der Waals surface area contributed by atoms with Crippen molar-refractivity contribution in [1.82, 2.24) is 9.96 Å². The Morgan fingerprint density at radius 2 is 1.75 bits per heavy atom. The number of hydrogen-bond donors (Lipinski definition) is 0. The number of likely N-dealkylation sites (tertiary alicyclic amines) is 1. The molecule has 3 heterocycles. The molecule has 6 atom stereocenters. The van der Waals surface area contributed by atoms with Crippen molar-refractivity contribution in [2.24, 2.45) is 11.8 Å². The van der Waals surface area contributed by atoms with Crippen molar-refractivity contribution in [2.45, 2.75) is 67.9 Å². The van der Waals surface area contributed by atoms with Crippen LogP contribution in [0.4, 0.5) is 0 Å². The summed E-state index contributed by atoms with van der Waals surface area (Å²) in [6.07, 6.45) is 7.89. The van der Waals surface area contributed by atoms with Crippen LogP contribution >= 0.6 is 0 Å². The first-order valence-corrected chi connectivity index (χ1v) is 12.5. The molecule has 3 saturated heterocycles. The Kier molecular flexibility index (Phi) is 5.08. The topological polar surface area (TPSA) is 49.9 Å². The fourth-order valence-electron chi connectivity index (χ4n) is 5.70. The summed E-state index contributed by atoms with van der Waals surface area (Å²) >= 11 is 0.370. The minimum atomic E-state index is -0.587. The Bertz CT molecular complexity index is 757. The maximum absolute atomic E-state index is 12.7. The van der Waals surface area contributed by atoms with Gasteiger partial charge in [0, 0.05) is 0 Å². The SMILES string of the molecule is CN1C(=O)[C@H]2[C@H](ON3[C@H]4[C@H](CCCCC[C@@H]4[Se]c4ccccc4)CC[C@@H]23)C1=O. The summed E-state index contributed by atoms with van der Waals surface area (Å²) < 4.78 is 1.44. The van der Waals surface area contributed by atoms with Gasteiger partial charge in [-0.25, -0.2) is 0 Å². The van der Waals surface area contributed by atoms with E-state index in [0.717, 1.165) is 12.8 Å². The number of hydroxylamine groups is 2. The van der Waals surface area contributed by atoms with Gasteiger partial charge in [-0.1, -0.05) is 0 Å². The molecular weight excluding hydrogens is 419 g/mol. The molecule has 150 valence electrons. The van der Waals surface area contributed by atoms with Crippen LogP contribution in [0.15, 0.2) is 30.3 Å². The fraction of sp³-hybridized carbons (Fsp3) is 0.636. The van der Waals surface area contributed by atoms with Crippen molar-refractivity contribution in [3.05, 3.63) is 30.3 Å². The summed E-state index contributed by atoms with van der Waals surface area (Å²) in [4.78, 5) is 33.4. The molecule has 0 spiro atoms. The summed E-state index contributed by atoms with van der Waals surface area (Å²) in [6.45, 7) is 0. The van der Waals surface area contributed by atoms with Gasteiger partial charge >= 0.3 is 173 Å². The Labute approximate surface area is 172 Å². The molecule has 0 aromatic heterocycles. The number of fused-ring (bicyclic) bond motifs is 5. The molecule has 5 nitrogen and oxygen atoms in total. The molecule has 6 heteroatoms. The number of piperidine rings is 1. The van der Waals surface area contributed by atoms with Crippen LogP contribution in [0.3, 0.4) is 0 Å². The molecule has 28 heavy (non-hydrogen) atoms. The van der Waals surface area contributed by atoms with E-state index in [-0.39, 0.29) is 23.8 Å². The first-order valence-electron chi connectivity index (χ1n) is 10.6. The van der Waals surface area contributed by atoms with Crippen molar-refractivity contribution in [2.75, 3.05) is 7.05 Å². The van der Waals surface area contributed by atoms with Crippen molar-refractivity contribution < 1.29 is 14.4 Å². The first kappa shape index (κ1) is 18.8. The van der Waals surface area contributed by atoms with Gasteiger partial charge in [-0.3, -0.25) is 0 Å². The van der Waals surface area contributed by atoms with E-state index >= 15 is 0 Å². The van der Waals surface area contributed by atoms with Crippen molar-refractivity contribution >= 4 is 31.2 Å². The summed E-state index contributed by atoms with van der Waals surface area (Å²) in [5.74, 6) is 0.122. The van der Waals surface area contributed by atoms with Gasteiger partial charge in [-0.2, -0.15) is 0 Å². The third-order valence-corrected chi connectivity index (χ3v) is 9.93. The summed E-state index contributed by atoms with van der Waals surface area (Å²) in [6, 6.07) is 11.2.